The first-order valence-corrected chi connectivity index (χ1v) is 6.93. The molecule has 1 amide bonds. The Kier molecular flexibility index (Phi) is 3.55. The number of carboxylic acids is 1. The van der Waals surface area contributed by atoms with Crippen LogP contribution in [0.4, 0.5) is 5.69 Å². The lowest BCUT2D eigenvalue weighted by Crippen LogP contribution is -2.43. The zero-order valence-corrected chi connectivity index (χ0v) is 12.0. The number of carbonyl (C=O) groups excluding carboxylic acids is 2. The van der Waals surface area contributed by atoms with Crippen LogP contribution in [-0.4, -0.2) is 18.0 Å². The lowest BCUT2D eigenvalue weighted by atomic mass is 10.1. The van der Waals surface area contributed by atoms with Crippen molar-refractivity contribution in [3.8, 4) is 5.75 Å². The number of hydrogen-bond donors (Lipinski definition) is 0. The molecular weight excluding hydrogens is 282 g/mol. The Balaban J connectivity index is 1.90. The summed E-state index contributed by atoms with van der Waals surface area (Å²) in [5.41, 5.74) is 1.67. The summed E-state index contributed by atoms with van der Waals surface area (Å²) >= 11 is 0. The van der Waals surface area contributed by atoms with Crippen LogP contribution in [0.1, 0.15) is 22.8 Å². The summed E-state index contributed by atoms with van der Waals surface area (Å²) in [4.78, 5) is 24.8. The van der Waals surface area contributed by atoms with E-state index in [4.69, 9.17) is 4.74 Å². The van der Waals surface area contributed by atoms with E-state index in [0.29, 0.717) is 12.3 Å². The minimum Gasteiger partial charge on any atom is -0.545 e. The molecule has 2 aromatic carbocycles. The fraction of sp³-hybridized carbons (Fsp3) is 0.176. The third kappa shape index (κ3) is 2.53. The van der Waals surface area contributed by atoms with E-state index in [2.05, 4.69) is 0 Å². The van der Waals surface area contributed by atoms with Crippen LogP contribution in [-0.2, 0) is 11.3 Å². The molecule has 0 unspecified atom stereocenters. The SMILES string of the molecule is C[C@H]1Oc2ccccc2N(Cc2ccc(C(=O)[O-])cc2)C1=O. The van der Waals surface area contributed by atoms with Gasteiger partial charge in [-0.1, -0.05) is 36.4 Å². The molecule has 5 heteroatoms. The van der Waals surface area contributed by atoms with Crippen molar-refractivity contribution < 1.29 is 19.4 Å². The van der Waals surface area contributed by atoms with Gasteiger partial charge in [0.1, 0.15) is 5.75 Å². The Morgan fingerprint density at radius 1 is 1.18 bits per heavy atom. The van der Waals surface area contributed by atoms with Crippen molar-refractivity contribution in [3.05, 3.63) is 59.7 Å². The van der Waals surface area contributed by atoms with E-state index in [-0.39, 0.29) is 11.5 Å². The molecule has 1 atom stereocenters. The molecule has 5 nitrogen and oxygen atoms in total. The molecule has 22 heavy (non-hydrogen) atoms. The highest BCUT2D eigenvalue weighted by Gasteiger charge is 2.31. The summed E-state index contributed by atoms with van der Waals surface area (Å²) in [5, 5.41) is 10.8. The van der Waals surface area contributed by atoms with Crippen molar-refractivity contribution in [2.24, 2.45) is 0 Å². The van der Waals surface area contributed by atoms with Crippen molar-refractivity contribution in [1.82, 2.24) is 0 Å². The zero-order valence-electron chi connectivity index (χ0n) is 12.0. The number of hydrogen-bond acceptors (Lipinski definition) is 4. The first-order chi connectivity index (χ1) is 10.6. The maximum atomic E-state index is 12.4. The van der Waals surface area contributed by atoms with E-state index >= 15 is 0 Å². The molecule has 0 saturated carbocycles. The van der Waals surface area contributed by atoms with Crippen LogP contribution in [0.2, 0.25) is 0 Å². The number of rotatable bonds is 3. The number of fused-ring (bicyclic) bond motifs is 1. The average molecular weight is 296 g/mol. The van der Waals surface area contributed by atoms with Crippen LogP contribution in [0.15, 0.2) is 48.5 Å². The maximum absolute atomic E-state index is 12.4. The third-order valence-electron chi connectivity index (χ3n) is 3.60. The van der Waals surface area contributed by atoms with Crippen LogP contribution in [0.25, 0.3) is 0 Å². The Hall–Kier alpha value is -2.82. The molecule has 0 radical (unpaired) electrons. The molecule has 0 spiro atoms. The quantitative estimate of drug-likeness (QED) is 0.857. The Labute approximate surface area is 127 Å². The minimum atomic E-state index is -1.21. The van der Waals surface area contributed by atoms with Crippen LogP contribution in [0, 0.1) is 0 Å². The highest BCUT2D eigenvalue weighted by atomic mass is 16.5. The number of anilines is 1. The normalized spacial score (nSPS) is 16.9. The van der Waals surface area contributed by atoms with Gasteiger partial charge in [-0.2, -0.15) is 0 Å². The number of amides is 1. The summed E-state index contributed by atoms with van der Waals surface area (Å²) in [6, 6.07) is 13.7. The molecule has 0 N–H and O–H groups in total. The highest BCUT2D eigenvalue weighted by molar-refractivity contribution is 5.99. The van der Waals surface area contributed by atoms with Crippen LogP contribution >= 0.6 is 0 Å². The van der Waals surface area contributed by atoms with E-state index in [1.54, 1.807) is 24.0 Å². The summed E-state index contributed by atoms with van der Waals surface area (Å²) in [6.45, 7) is 2.07. The van der Waals surface area contributed by atoms with Crippen LogP contribution in [0.3, 0.4) is 0 Å². The number of aromatic carboxylic acids is 1. The average Bonchev–Trinajstić information content (AvgIpc) is 2.52. The van der Waals surface area contributed by atoms with Gasteiger partial charge in [-0.3, -0.25) is 4.79 Å². The second-order valence-corrected chi connectivity index (χ2v) is 5.14. The molecule has 1 aliphatic rings. The molecule has 0 aromatic heterocycles. The smallest absolute Gasteiger partial charge is 0.268 e. The lowest BCUT2D eigenvalue weighted by Gasteiger charge is -2.33. The minimum absolute atomic E-state index is 0.117. The predicted molar refractivity (Wildman–Crippen MR) is 78.5 cm³/mol. The second kappa shape index (κ2) is 5.52. The first kappa shape index (κ1) is 14.1. The topological polar surface area (TPSA) is 69.7 Å². The van der Waals surface area contributed by atoms with E-state index in [1.165, 1.54) is 12.1 Å². The molecule has 112 valence electrons. The molecule has 0 aliphatic carbocycles. The van der Waals surface area contributed by atoms with Crippen molar-refractivity contribution in [3.63, 3.8) is 0 Å². The standard InChI is InChI=1S/C17H15NO4/c1-11-16(19)18(14-4-2-3-5-15(14)22-11)10-12-6-8-13(9-7-12)17(20)21/h2-9,11H,10H2,1H3,(H,20,21)/p-1/t11-/m1/s1. The number of nitrogens with zero attached hydrogens (tertiary/aromatic N) is 1. The zero-order chi connectivity index (χ0) is 15.7. The van der Waals surface area contributed by atoms with Gasteiger partial charge in [-0.25, -0.2) is 0 Å². The second-order valence-electron chi connectivity index (χ2n) is 5.14. The van der Waals surface area contributed by atoms with Crippen LogP contribution in [0.5, 0.6) is 5.75 Å². The molecule has 1 heterocycles. The number of para-hydroxylation sites is 2. The van der Waals surface area contributed by atoms with E-state index in [9.17, 15) is 14.7 Å². The molecule has 0 bridgehead atoms. The number of carbonyl (C=O) groups is 2. The molecule has 2 aromatic rings. The van der Waals surface area contributed by atoms with Crippen molar-refractivity contribution in [2.45, 2.75) is 19.6 Å². The number of ether oxygens (including phenoxy) is 1. The number of carboxylic acid groups (broad SMARTS) is 1. The van der Waals surface area contributed by atoms with Gasteiger partial charge in [0, 0.05) is 0 Å². The molecule has 1 aliphatic heterocycles. The predicted octanol–water partition coefficient (Wildman–Crippen LogP) is 1.36. The van der Waals surface area contributed by atoms with Crippen LogP contribution < -0.4 is 14.7 Å². The summed E-state index contributed by atoms with van der Waals surface area (Å²) < 4.78 is 5.59. The Morgan fingerprint density at radius 3 is 2.55 bits per heavy atom. The fourth-order valence-corrected chi connectivity index (χ4v) is 2.45. The van der Waals surface area contributed by atoms with Crippen molar-refractivity contribution >= 4 is 17.6 Å². The molecular formula is C17H14NO4-. The maximum Gasteiger partial charge on any atom is 0.268 e. The van der Waals surface area contributed by atoms with E-state index < -0.39 is 12.1 Å². The number of benzene rings is 2. The summed E-state index contributed by atoms with van der Waals surface area (Å²) in [7, 11) is 0. The van der Waals surface area contributed by atoms with Gasteiger partial charge in [0.15, 0.2) is 6.10 Å². The van der Waals surface area contributed by atoms with Gasteiger partial charge in [0.2, 0.25) is 0 Å². The fourth-order valence-electron chi connectivity index (χ4n) is 2.45. The molecule has 0 fully saturated rings. The van der Waals surface area contributed by atoms with E-state index in [1.807, 2.05) is 24.3 Å². The van der Waals surface area contributed by atoms with Gasteiger partial charge < -0.3 is 19.5 Å². The van der Waals surface area contributed by atoms with Gasteiger partial charge in [-0.15, -0.1) is 0 Å². The van der Waals surface area contributed by atoms with Crippen molar-refractivity contribution in [2.75, 3.05) is 4.90 Å². The third-order valence-corrected chi connectivity index (χ3v) is 3.60. The lowest BCUT2D eigenvalue weighted by molar-refractivity contribution is -0.255. The first-order valence-electron chi connectivity index (χ1n) is 6.93. The summed E-state index contributed by atoms with van der Waals surface area (Å²) in [5.74, 6) is -0.670. The monoisotopic (exact) mass is 296 g/mol. The highest BCUT2D eigenvalue weighted by Crippen LogP contribution is 2.34. The molecule has 0 saturated heterocycles. The Bertz CT molecular complexity index is 724. The largest absolute Gasteiger partial charge is 0.545 e. The van der Waals surface area contributed by atoms with Crippen molar-refractivity contribution in [1.29, 1.82) is 0 Å². The van der Waals surface area contributed by atoms with Gasteiger partial charge >= 0.3 is 0 Å². The van der Waals surface area contributed by atoms with Gasteiger partial charge in [0.25, 0.3) is 5.91 Å². The molecule has 3 rings (SSSR count). The summed E-state index contributed by atoms with van der Waals surface area (Å²) in [6.07, 6.45) is -0.544. The van der Waals surface area contributed by atoms with E-state index in [0.717, 1.165) is 11.3 Å². The van der Waals surface area contributed by atoms with Gasteiger partial charge in [0.05, 0.1) is 18.2 Å². The Morgan fingerprint density at radius 2 is 1.86 bits per heavy atom. The van der Waals surface area contributed by atoms with Gasteiger partial charge in [-0.05, 0) is 30.2 Å².